The first-order valence-corrected chi connectivity index (χ1v) is 22.7. The number of hydrogen-bond acceptors (Lipinski definition) is 0. The van der Waals surface area contributed by atoms with Crippen LogP contribution in [-0.4, -0.2) is 18.3 Å². The molecular weight excluding hydrogens is 801 g/mol. The number of rotatable bonds is 4. The minimum atomic E-state index is 1.11. The molecule has 0 aliphatic carbocycles. The van der Waals surface area contributed by atoms with E-state index in [1.54, 1.807) is 0 Å². The van der Waals surface area contributed by atoms with Gasteiger partial charge in [0, 0.05) is 56.7 Å². The molecule has 0 atom stereocenters. The molecule has 0 fully saturated rings. The van der Waals surface area contributed by atoms with Gasteiger partial charge in [0.2, 0.25) is 0 Å². The molecule has 308 valence electrons. The maximum Gasteiger partial charge on any atom is 0.0703 e. The van der Waals surface area contributed by atoms with Gasteiger partial charge < -0.3 is 18.3 Å². The van der Waals surface area contributed by atoms with Crippen molar-refractivity contribution < 1.29 is 0 Å². The molecule has 0 saturated heterocycles. The Labute approximate surface area is 380 Å². The van der Waals surface area contributed by atoms with Crippen molar-refractivity contribution in [2.45, 2.75) is 0 Å². The summed E-state index contributed by atoms with van der Waals surface area (Å²) in [5.41, 5.74) is 11.5. The van der Waals surface area contributed by atoms with Crippen LogP contribution in [0.5, 0.6) is 0 Å². The maximum atomic E-state index is 2.46. The zero-order chi connectivity index (χ0) is 43.3. The Morgan fingerprint density at radius 1 is 0.182 bits per heavy atom. The normalized spacial score (nSPS) is 11.9. The van der Waals surface area contributed by atoms with E-state index in [0.717, 1.165) is 33.8 Å². The third-order valence-corrected chi connectivity index (χ3v) is 13.8. The molecule has 0 aliphatic rings. The van der Waals surface area contributed by atoms with Crippen molar-refractivity contribution in [3.05, 3.63) is 243 Å². The smallest absolute Gasteiger partial charge is 0.0703 e. The largest absolute Gasteiger partial charge is 0.314 e. The Bertz CT molecular complexity index is 4280. The van der Waals surface area contributed by atoms with Crippen LogP contribution in [0.1, 0.15) is 0 Å². The number of nitrogens with zero attached hydrogens (tertiary/aromatic N) is 4. The van der Waals surface area contributed by atoms with Crippen molar-refractivity contribution in [2.24, 2.45) is 0 Å². The van der Waals surface area contributed by atoms with Crippen LogP contribution in [0, 0.1) is 0 Å². The predicted molar refractivity (Wildman–Crippen MR) is 279 cm³/mol. The highest BCUT2D eigenvalue weighted by atomic mass is 15.1. The van der Waals surface area contributed by atoms with Crippen LogP contribution in [0.25, 0.3) is 120 Å². The first-order chi connectivity index (χ1) is 32.8. The van der Waals surface area contributed by atoms with E-state index >= 15 is 0 Å². The van der Waals surface area contributed by atoms with E-state index in [2.05, 4.69) is 261 Å². The van der Waals surface area contributed by atoms with E-state index in [4.69, 9.17) is 0 Å². The third-order valence-electron chi connectivity index (χ3n) is 13.8. The highest BCUT2D eigenvalue weighted by Gasteiger charge is 2.19. The lowest BCUT2D eigenvalue weighted by atomic mass is 9.93. The van der Waals surface area contributed by atoms with Gasteiger partial charge in [-0.05, 0) is 128 Å². The van der Waals surface area contributed by atoms with Crippen LogP contribution in [0.4, 0.5) is 0 Å². The van der Waals surface area contributed by atoms with Crippen LogP contribution < -0.4 is 0 Å². The maximum absolute atomic E-state index is 2.46. The molecule has 3 aromatic heterocycles. The Balaban J connectivity index is 1.09. The quantitative estimate of drug-likeness (QED) is 0.168. The van der Waals surface area contributed by atoms with E-state index < -0.39 is 0 Å². The molecule has 0 aliphatic heterocycles. The minimum Gasteiger partial charge on any atom is -0.314 e. The Kier molecular flexibility index (Phi) is 7.95. The lowest BCUT2D eigenvalue weighted by Crippen LogP contribution is -2.04. The Morgan fingerprint density at radius 3 is 0.970 bits per heavy atom. The van der Waals surface area contributed by atoms with Gasteiger partial charge in [0.15, 0.2) is 0 Å². The molecule has 3 heterocycles. The van der Waals surface area contributed by atoms with Gasteiger partial charge in [-0.15, -0.1) is 0 Å². The first-order valence-electron chi connectivity index (χ1n) is 22.7. The third kappa shape index (κ3) is 5.39. The first kappa shape index (κ1) is 36.6. The van der Waals surface area contributed by atoms with Gasteiger partial charge in [0.05, 0.1) is 33.1 Å². The molecule has 0 bridgehead atoms. The fourth-order valence-electron chi connectivity index (χ4n) is 10.9. The van der Waals surface area contributed by atoms with Crippen molar-refractivity contribution in [2.75, 3.05) is 0 Å². The summed E-state index contributed by atoms with van der Waals surface area (Å²) in [6, 6.07) is 84.6. The standard InChI is InChI=1S/C62H40N4/c1-3-17-41(18-4-1)63-35-36-64(42-19-5-2-6-20-42)62-40-55-49-33-31-43(37-53(49)47-23-9-7-21-45(47)46-22-8-10-24-48(46)54(55)39-61(62)63)66-59-30-16-13-27-52(59)56-38-44(32-34-60(56)66)65-57-28-14-11-25-50(57)51-26-12-15-29-58(51)65/h1-40H. The Hall–Kier alpha value is -8.86. The summed E-state index contributed by atoms with van der Waals surface area (Å²) in [6.07, 6.45) is 4.39. The number of hydrogen-bond donors (Lipinski definition) is 0. The molecule has 0 unspecified atom stereocenters. The number of fused-ring (bicyclic) bond motifs is 15. The zero-order valence-electron chi connectivity index (χ0n) is 35.9. The molecule has 11 aromatic carbocycles. The fourth-order valence-corrected chi connectivity index (χ4v) is 10.9. The zero-order valence-corrected chi connectivity index (χ0v) is 35.9. The van der Waals surface area contributed by atoms with Gasteiger partial charge in [-0.2, -0.15) is 0 Å². The predicted octanol–water partition coefficient (Wildman–Crippen LogP) is 16.4. The summed E-state index contributed by atoms with van der Waals surface area (Å²) >= 11 is 0. The van der Waals surface area contributed by atoms with Crippen LogP contribution in [0.2, 0.25) is 0 Å². The molecule has 0 N–H and O–H groups in total. The second-order valence-corrected chi connectivity index (χ2v) is 17.3. The van der Waals surface area contributed by atoms with Crippen molar-refractivity contribution >= 4 is 97.7 Å². The number of aromatic nitrogens is 4. The van der Waals surface area contributed by atoms with Crippen LogP contribution in [-0.2, 0) is 0 Å². The van der Waals surface area contributed by atoms with Gasteiger partial charge in [-0.1, -0.05) is 146 Å². The molecular formula is C62H40N4. The molecule has 4 heteroatoms. The second-order valence-electron chi connectivity index (χ2n) is 17.3. The van der Waals surface area contributed by atoms with Crippen LogP contribution in [0.15, 0.2) is 243 Å². The summed E-state index contributed by atoms with van der Waals surface area (Å²) in [6.45, 7) is 0. The second kappa shape index (κ2) is 14.3. The van der Waals surface area contributed by atoms with E-state index in [9.17, 15) is 0 Å². The molecule has 0 spiro atoms. The molecule has 4 nitrogen and oxygen atoms in total. The summed E-state index contributed by atoms with van der Waals surface area (Å²) in [7, 11) is 0. The van der Waals surface area contributed by atoms with Crippen molar-refractivity contribution in [3.8, 4) is 22.7 Å². The van der Waals surface area contributed by atoms with Gasteiger partial charge in [0.25, 0.3) is 0 Å². The van der Waals surface area contributed by atoms with E-state index in [1.165, 1.54) is 86.7 Å². The SMILES string of the molecule is c1ccc(-n2ccn(-c3ccccc3)c3cc4c5ccc(-n6c7ccccc7c7cc(-n8c9ccccc9c9ccccc98)ccc76)cc5c5ccccc5c5ccccc5c4cc32)cc1. The summed E-state index contributed by atoms with van der Waals surface area (Å²) in [5, 5.41) is 14.6. The molecule has 0 amide bonds. The highest BCUT2D eigenvalue weighted by Crippen LogP contribution is 2.41. The van der Waals surface area contributed by atoms with Gasteiger partial charge in [0.1, 0.15) is 0 Å². The summed E-state index contributed by atoms with van der Waals surface area (Å²) < 4.78 is 9.53. The van der Waals surface area contributed by atoms with Crippen LogP contribution >= 0.6 is 0 Å². The van der Waals surface area contributed by atoms with Crippen molar-refractivity contribution in [1.29, 1.82) is 0 Å². The van der Waals surface area contributed by atoms with E-state index in [-0.39, 0.29) is 0 Å². The number of para-hydroxylation sites is 5. The van der Waals surface area contributed by atoms with Gasteiger partial charge in [-0.25, -0.2) is 0 Å². The van der Waals surface area contributed by atoms with E-state index in [1.807, 2.05) is 0 Å². The van der Waals surface area contributed by atoms with E-state index in [0.29, 0.717) is 0 Å². The van der Waals surface area contributed by atoms with Gasteiger partial charge >= 0.3 is 0 Å². The van der Waals surface area contributed by atoms with Gasteiger partial charge in [-0.3, -0.25) is 0 Å². The van der Waals surface area contributed by atoms with Crippen molar-refractivity contribution in [3.63, 3.8) is 0 Å². The molecule has 66 heavy (non-hydrogen) atoms. The average Bonchev–Trinajstić information content (AvgIpc) is 3.90. The number of benzene rings is 10. The topological polar surface area (TPSA) is 19.7 Å². The summed E-state index contributed by atoms with van der Waals surface area (Å²) in [5.74, 6) is 0. The highest BCUT2D eigenvalue weighted by molar-refractivity contribution is 6.27. The lowest BCUT2D eigenvalue weighted by Gasteiger charge is -2.19. The monoisotopic (exact) mass is 840 g/mol. The Morgan fingerprint density at radius 2 is 0.500 bits per heavy atom. The molecule has 14 aromatic rings. The lowest BCUT2D eigenvalue weighted by molar-refractivity contribution is 1.01. The summed E-state index contributed by atoms with van der Waals surface area (Å²) in [4.78, 5) is 0. The fraction of sp³-hybridized carbons (Fsp3) is 0. The average molecular weight is 841 g/mol. The minimum absolute atomic E-state index is 1.11. The van der Waals surface area contributed by atoms with Crippen LogP contribution in [0.3, 0.4) is 0 Å². The van der Waals surface area contributed by atoms with Crippen molar-refractivity contribution in [1.82, 2.24) is 18.3 Å². The molecule has 0 radical (unpaired) electrons. The molecule has 0 saturated carbocycles. The molecule has 14 rings (SSSR count).